The van der Waals surface area contributed by atoms with E-state index in [1.54, 1.807) is 24.3 Å². The molecule has 0 aliphatic heterocycles. The van der Waals surface area contributed by atoms with Gasteiger partial charge in [0.15, 0.2) is 0 Å². The van der Waals surface area contributed by atoms with E-state index in [4.69, 9.17) is 16.3 Å². The molecule has 3 rings (SSSR count). The number of para-hydroxylation sites is 1. The van der Waals surface area contributed by atoms with Crippen molar-refractivity contribution in [2.75, 3.05) is 0 Å². The van der Waals surface area contributed by atoms with Crippen LogP contribution in [0.2, 0.25) is 5.02 Å². The van der Waals surface area contributed by atoms with E-state index in [9.17, 15) is 9.59 Å². The van der Waals surface area contributed by atoms with Gasteiger partial charge < -0.3 is 4.74 Å². The second-order valence-electron chi connectivity index (χ2n) is 5.51. The topological polar surface area (TPSA) is 61.2 Å². The Balaban J connectivity index is 1.73. The van der Waals surface area contributed by atoms with E-state index < -0.39 is 5.97 Å². The van der Waals surface area contributed by atoms with Gasteiger partial charge in [0.1, 0.15) is 5.75 Å². The fourth-order valence-electron chi connectivity index (χ4n) is 2.44. The maximum absolute atomic E-state index is 12.5. The minimum atomic E-state index is -0.445. The molecule has 128 valence electrons. The lowest BCUT2D eigenvalue weighted by Crippen LogP contribution is -2.23. The predicted molar refractivity (Wildman–Crippen MR) is 100 cm³/mol. The Hall–Kier alpha value is -2.18. The van der Waals surface area contributed by atoms with Crippen molar-refractivity contribution in [3.63, 3.8) is 0 Å². The highest BCUT2D eigenvalue weighted by Gasteiger charge is 2.11. The number of benzene rings is 2. The molecule has 0 bridgehead atoms. The second-order valence-corrected chi connectivity index (χ2v) is 6.80. The molecule has 0 saturated heterocycles. The Morgan fingerprint density at radius 1 is 1.32 bits per heavy atom. The molecule has 0 amide bonds. The van der Waals surface area contributed by atoms with Crippen LogP contribution in [0.25, 0.3) is 10.9 Å². The first-order chi connectivity index (χ1) is 12.0. The molecule has 0 radical (unpaired) electrons. The summed E-state index contributed by atoms with van der Waals surface area (Å²) in [6.07, 6.45) is 1.51. The van der Waals surface area contributed by atoms with Gasteiger partial charge in [0.05, 0.1) is 28.1 Å². The van der Waals surface area contributed by atoms with Gasteiger partial charge in [-0.3, -0.25) is 14.2 Å². The zero-order valence-corrected chi connectivity index (χ0v) is 15.7. The van der Waals surface area contributed by atoms with Crippen LogP contribution in [0.15, 0.2) is 52.0 Å². The lowest BCUT2D eigenvalue weighted by molar-refractivity contribution is -0.134. The SMILES string of the molecule is Cc1cccc2c(=O)n(CCC(=O)Oc3ccc(Cl)cc3Br)cnc12. The molecule has 0 N–H and O–H groups in total. The van der Waals surface area contributed by atoms with Gasteiger partial charge in [-0.1, -0.05) is 23.7 Å². The van der Waals surface area contributed by atoms with Crippen LogP contribution < -0.4 is 10.3 Å². The molecule has 0 spiro atoms. The summed E-state index contributed by atoms with van der Waals surface area (Å²) in [5.41, 5.74) is 1.44. The number of hydrogen-bond donors (Lipinski definition) is 0. The summed E-state index contributed by atoms with van der Waals surface area (Å²) in [5, 5.41) is 1.08. The Morgan fingerprint density at radius 2 is 2.12 bits per heavy atom. The number of aryl methyl sites for hydroxylation is 2. The van der Waals surface area contributed by atoms with E-state index in [1.807, 2.05) is 19.1 Å². The molecule has 0 saturated carbocycles. The van der Waals surface area contributed by atoms with Crippen LogP contribution in [0.3, 0.4) is 0 Å². The standard InChI is InChI=1S/C18H14BrClN2O3/c1-11-3-2-4-13-17(11)21-10-22(18(13)24)8-7-16(23)25-15-6-5-12(20)9-14(15)19/h2-6,9-10H,7-8H2,1H3. The van der Waals surface area contributed by atoms with Gasteiger partial charge in [-0.15, -0.1) is 0 Å². The molecule has 0 atom stereocenters. The summed E-state index contributed by atoms with van der Waals surface area (Å²) in [6, 6.07) is 10.3. The summed E-state index contributed by atoms with van der Waals surface area (Å²) in [4.78, 5) is 28.8. The molecule has 1 heterocycles. The number of aromatic nitrogens is 2. The van der Waals surface area contributed by atoms with Crippen LogP contribution in [0.1, 0.15) is 12.0 Å². The van der Waals surface area contributed by atoms with Gasteiger partial charge >= 0.3 is 5.97 Å². The van der Waals surface area contributed by atoms with Crippen molar-refractivity contribution in [3.05, 3.63) is 68.1 Å². The molecule has 3 aromatic rings. The van der Waals surface area contributed by atoms with E-state index >= 15 is 0 Å². The van der Waals surface area contributed by atoms with E-state index in [2.05, 4.69) is 20.9 Å². The highest BCUT2D eigenvalue weighted by atomic mass is 79.9. The van der Waals surface area contributed by atoms with Crippen LogP contribution in [0.5, 0.6) is 5.75 Å². The van der Waals surface area contributed by atoms with Crippen LogP contribution in [-0.2, 0) is 11.3 Å². The molecule has 2 aromatic carbocycles. The zero-order valence-electron chi connectivity index (χ0n) is 13.3. The fourth-order valence-corrected chi connectivity index (χ4v) is 3.20. The predicted octanol–water partition coefficient (Wildman–Crippen LogP) is 4.12. The van der Waals surface area contributed by atoms with Gasteiger partial charge in [0.2, 0.25) is 0 Å². The van der Waals surface area contributed by atoms with Crippen molar-refractivity contribution >= 4 is 44.4 Å². The third-order valence-electron chi connectivity index (χ3n) is 3.73. The average Bonchev–Trinajstić information content (AvgIpc) is 2.57. The molecule has 0 aliphatic carbocycles. The number of rotatable bonds is 4. The number of halogens is 2. The molecule has 25 heavy (non-hydrogen) atoms. The molecular weight excluding hydrogens is 408 g/mol. The molecule has 0 unspecified atom stereocenters. The Morgan fingerprint density at radius 3 is 2.88 bits per heavy atom. The zero-order chi connectivity index (χ0) is 18.0. The minimum Gasteiger partial charge on any atom is -0.425 e. The lowest BCUT2D eigenvalue weighted by Gasteiger charge is -2.09. The monoisotopic (exact) mass is 420 g/mol. The smallest absolute Gasteiger partial charge is 0.313 e. The number of carbonyl (C=O) groups is 1. The number of carbonyl (C=O) groups excluding carboxylic acids is 1. The van der Waals surface area contributed by atoms with Crippen molar-refractivity contribution in [1.29, 1.82) is 0 Å². The minimum absolute atomic E-state index is 0.0496. The summed E-state index contributed by atoms with van der Waals surface area (Å²) in [7, 11) is 0. The van der Waals surface area contributed by atoms with Gasteiger partial charge in [-0.25, -0.2) is 4.98 Å². The maximum atomic E-state index is 12.5. The third kappa shape index (κ3) is 3.91. The summed E-state index contributed by atoms with van der Waals surface area (Å²) in [5.74, 6) is -0.0618. The lowest BCUT2D eigenvalue weighted by atomic mass is 10.1. The van der Waals surface area contributed by atoms with Crippen LogP contribution in [0.4, 0.5) is 0 Å². The Labute approximate surface area is 157 Å². The van der Waals surface area contributed by atoms with Crippen LogP contribution >= 0.6 is 27.5 Å². The fraction of sp³-hybridized carbons (Fsp3) is 0.167. The van der Waals surface area contributed by atoms with Crippen molar-refractivity contribution in [2.24, 2.45) is 0 Å². The van der Waals surface area contributed by atoms with Crippen molar-refractivity contribution in [1.82, 2.24) is 9.55 Å². The largest absolute Gasteiger partial charge is 0.425 e. The number of hydrogen-bond acceptors (Lipinski definition) is 4. The van der Waals surface area contributed by atoms with Crippen LogP contribution in [0, 0.1) is 6.92 Å². The molecule has 0 fully saturated rings. The van der Waals surface area contributed by atoms with E-state index in [1.165, 1.54) is 10.9 Å². The number of nitrogens with zero attached hydrogens (tertiary/aromatic N) is 2. The van der Waals surface area contributed by atoms with Crippen molar-refractivity contribution < 1.29 is 9.53 Å². The van der Waals surface area contributed by atoms with E-state index in [0.29, 0.717) is 26.1 Å². The third-order valence-corrected chi connectivity index (χ3v) is 4.58. The van der Waals surface area contributed by atoms with Crippen molar-refractivity contribution in [3.8, 4) is 5.75 Å². The van der Waals surface area contributed by atoms with Gasteiger partial charge in [0, 0.05) is 11.6 Å². The summed E-state index contributed by atoms with van der Waals surface area (Å²) in [6.45, 7) is 2.10. The molecule has 0 aliphatic rings. The summed E-state index contributed by atoms with van der Waals surface area (Å²) < 4.78 is 7.30. The normalized spacial score (nSPS) is 10.8. The highest BCUT2D eigenvalue weighted by Crippen LogP contribution is 2.28. The van der Waals surface area contributed by atoms with Crippen molar-refractivity contribution in [2.45, 2.75) is 19.9 Å². The first kappa shape index (κ1) is 17.6. The molecular formula is C18H14BrClN2O3. The number of fused-ring (bicyclic) bond motifs is 1. The van der Waals surface area contributed by atoms with Gasteiger partial charge in [-0.05, 0) is 52.7 Å². The highest BCUT2D eigenvalue weighted by molar-refractivity contribution is 9.10. The quantitative estimate of drug-likeness (QED) is 0.470. The van der Waals surface area contributed by atoms with Crippen LogP contribution in [-0.4, -0.2) is 15.5 Å². The van der Waals surface area contributed by atoms with E-state index in [0.717, 1.165) is 5.56 Å². The summed E-state index contributed by atoms with van der Waals surface area (Å²) >= 11 is 9.15. The maximum Gasteiger partial charge on any atom is 0.313 e. The second kappa shape index (κ2) is 7.37. The molecule has 7 heteroatoms. The first-order valence-electron chi connectivity index (χ1n) is 7.56. The first-order valence-corrected chi connectivity index (χ1v) is 8.73. The number of ether oxygens (including phenoxy) is 1. The molecule has 1 aromatic heterocycles. The average molecular weight is 422 g/mol. The van der Waals surface area contributed by atoms with Gasteiger partial charge in [-0.2, -0.15) is 0 Å². The number of esters is 1. The molecule has 5 nitrogen and oxygen atoms in total. The van der Waals surface area contributed by atoms with E-state index in [-0.39, 0.29) is 18.5 Å². The van der Waals surface area contributed by atoms with Gasteiger partial charge in [0.25, 0.3) is 5.56 Å². The Kier molecular flexibility index (Phi) is 5.20. The Bertz CT molecular complexity index is 1020.